The molecule has 4 rings (SSSR count). The molecule has 1 N–H and O–H groups in total. The summed E-state index contributed by atoms with van der Waals surface area (Å²) in [6.45, 7) is 2.76. The number of hydrogen-bond acceptors (Lipinski definition) is 8. The van der Waals surface area contributed by atoms with Crippen LogP contribution >= 0.6 is 0 Å². The third kappa shape index (κ3) is 5.97. The van der Waals surface area contributed by atoms with E-state index in [9.17, 15) is 14.4 Å². The van der Waals surface area contributed by atoms with Crippen LogP contribution < -0.4 is 0 Å². The van der Waals surface area contributed by atoms with Crippen molar-refractivity contribution in [3.8, 4) is 0 Å². The summed E-state index contributed by atoms with van der Waals surface area (Å²) in [5.74, 6) is -0.919. The zero-order valence-electron chi connectivity index (χ0n) is 19.6. The third-order valence-corrected chi connectivity index (χ3v) is 6.06. The maximum absolute atomic E-state index is 13.2. The molecule has 2 aromatic rings. The number of benzene rings is 1. The zero-order chi connectivity index (χ0) is 24.6. The van der Waals surface area contributed by atoms with E-state index in [1.165, 1.54) is 6.20 Å². The zero-order valence-corrected chi connectivity index (χ0v) is 19.6. The van der Waals surface area contributed by atoms with Gasteiger partial charge in [0.05, 0.1) is 18.3 Å². The molecule has 2 aliphatic rings. The van der Waals surface area contributed by atoms with Crippen LogP contribution in [0, 0.1) is 0 Å². The van der Waals surface area contributed by atoms with E-state index in [0.717, 1.165) is 12.0 Å². The summed E-state index contributed by atoms with van der Waals surface area (Å²) < 4.78 is 10.2. The number of aromatic nitrogens is 2. The number of carbonyl (C=O) groups excluding carboxylic acids is 3. The van der Waals surface area contributed by atoms with Crippen LogP contribution in [0.5, 0.6) is 0 Å². The molecule has 1 atom stereocenters. The van der Waals surface area contributed by atoms with Crippen molar-refractivity contribution < 1.29 is 28.7 Å². The minimum atomic E-state index is -0.573. The molecule has 1 aromatic carbocycles. The van der Waals surface area contributed by atoms with Gasteiger partial charge in [0.2, 0.25) is 6.61 Å². The van der Waals surface area contributed by atoms with Gasteiger partial charge in [0.25, 0.3) is 5.91 Å². The van der Waals surface area contributed by atoms with Gasteiger partial charge in [-0.25, -0.2) is 9.59 Å². The molecule has 0 spiro atoms. The highest BCUT2D eigenvalue weighted by Gasteiger charge is 2.40. The Morgan fingerprint density at radius 1 is 1.20 bits per heavy atom. The van der Waals surface area contributed by atoms with Crippen LogP contribution in [0.4, 0.5) is 4.79 Å². The van der Waals surface area contributed by atoms with Gasteiger partial charge in [-0.1, -0.05) is 35.5 Å². The maximum Gasteiger partial charge on any atom is 0.410 e. The summed E-state index contributed by atoms with van der Waals surface area (Å²) in [5.41, 5.74) is 1.55. The first-order chi connectivity index (χ1) is 17.1. The van der Waals surface area contributed by atoms with Crippen LogP contribution in [0.15, 0.2) is 47.8 Å². The van der Waals surface area contributed by atoms with Crippen molar-refractivity contribution in [1.82, 2.24) is 20.0 Å². The Kier molecular flexibility index (Phi) is 7.96. The number of aromatic amines is 1. The minimum absolute atomic E-state index is 0.0182. The molecule has 3 heterocycles. The monoisotopic (exact) mass is 483 g/mol. The number of oxime groups is 1. The van der Waals surface area contributed by atoms with Gasteiger partial charge in [0, 0.05) is 25.3 Å². The molecule has 0 saturated carbocycles. The predicted octanol–water partition coefficient (Wildman–Crippen LogP) is 1.75. The Morgan fingerprint density at radius 3 is 2.66 bits per heavy atom. The standard InChI is InChI=1S/C24H29N5O6/c1-2-33-21(30)16-35-27-22(20-8-11-25-26-20)23(31)28-12-9-18(10-13-28)29-19(15-34-24(29)32)14-17-6-4-3-5-7-17/h3-8,11,18-19H,2,9-10,12-16H2,1H3,(H,25,26). The van der Waals surface area contributed by atoms with Gasteiger partial charge in [0.15, 0.2) is 5.71 Å². The fourth-order valence-corrected chi connectivity index (χ4v) is 4.40. The predicted molar refractivity (Wildman–Crippen MR) is 124 cm³/mol. The summed E-state index contributed by atoms with van der Waals surface area (Å²) in [6.07, 6.45) is 3.16. The molecule has 1 unspecified atom stereocenters. The quantitative estimate of drug-likeness (QED) is 0.327. The van der Waals surface area contributed by atoms with Crippen molar-refractivity contribution in [2.75, 3.05) is 32.9 Å². The molecule has 2 fully saturated rings. The number of nitrogens with one attached hydrogen (secondary N) is 1. The number of hydrogen-bond donors (Lipinski definition) is 1. The van der Waals surface area contributed by atoms with E-state index in [1.807, 2.05) is 35.2 Å². The lowest BCUT2D eigenvalue weighted by atomic mass is 9.99. The molecule has 11 heteroatoms. The molecule has 11 nitrogen and oxygen atoms in total. The van der Waals surface area contributed by atoms with Gasteiger partial charge in [-0.2, -0.15) is 5.10 Å². The highest BCUT2D eigenvalue weighted by Crippen LogP contribution is 2.26. The molecule has 35 heavy (non-hydrogen) atoms. The largest absolute Gasteiger partial charge is 0.463 e. The van der Waals surface area contributed by atoms with Gasteiger partial charge in [-0.05, 0) is 37.8 Å². The number of amides is 2. The molecule has 0 aliphatic carbocycles. The Morgan fingerprint density at radius 2 is 1.97 bits per heavy atom. The molecule has 1 aromatic heterocycles. The van der Waals surface area contributed by atoms with E-state index in [-0.39, 0.29) is 36.4 Å². The second-order valence-corrected chi connectivity index (χ2v) is 8.34. The summed E-state index contributed by atoms with van der Waals surface area (Å²) >= 11 is 0. The van der Waals surface area contributed by atoms with Crippen LogP contribution in [0.2, 0.25) is 0 Å². The third-order valence-electron chi connectivity index (χ3n) is 6.06. The summed E-state index contributed by atoms with van der Waals surface area (Å²) in [5, 5.41) is 10.5. The Hall–Kier alpha value is -3.89. The number of rotatable bonds is 9. The summed E-state index contributed by atoms with van der Waals surface area (Å²) in [7, 11) is 0. The Balaban J connectivity index is 1.38. The Bertz CT molecular complexity index is 1030. The van der Waals surface area contributed by atoms with Crippen molar-refractivity contribution >= 4 is 23.7 Å². The van der Waals surface area contributed by atoms with Crippen molar-refractivity contribution in [3.63, 3.8) is 0 Å². The normalized spacial score (nSPS) is 18.9. The second kappa shape index (κ2) is 11.5. The molecule has 0 bridgehead atoms. The number of likely N-dealkylation sites (tertiary alicyclic amines) is 1. The molecule has 2 saturated heterocycles. The number of carbonyl (C=O) groups is 3. The molecule has 2 aliphatic heterocycles. The average molecular weight is 484 g/mol. The van der Waals surface area contributed by atoms with Crippen LogP contribution in [-0.2, 0) is 30.3 Å². The summed E-state index contributed by atoms with van der Waals surface area (Å²) in [6, 6.07) is 11.6. The summed E-state index contributed by atoms with van der Waals surface area (Å²) in [4.78, 5) is 45.9. The lowest BCUT2D eigenvalue weighted by Gasteiger charge is -2.37. The number of ether oxygens (including phenoxy) is 2. The first-order valence-corrected chi connectivity index (χ1v) is 11.7. The van der Waals surface area contributed by atoms with E-state index < -0.39 is 12.6 Å². The van der Waals surface area contributed by atoms with Gasteiger partial charge in [-0.3, -0.25) is 14.8 Å². The van der Waals surface area contributed by atoms with Gasteiger partial charge in [-0.15, -0.1) is 0 Å². The van der Waals surface area contributed by atoms with E-state index >= 15 is 0 Å². The number of esters is 1. The Labute approximate surface area is 203 Å². The van der Waals surface area contributed by atoms with Crippen LogP contribution in [0.1, 0.15) is 31.0 Å². The number of H-pyrrole nitrogens is 1. The van der Waals surface area contributed by atoms with E-state index in [2.05, 4.69) is 15.4 Å². The number of piperidine rings is 1. The first-order valence-electron chi connectivity index (χ1n) is 11.7. The van der Waals surface area contributed by atoms with Gasteiger partial charge in [0.1, 0.15) is 6.61 Å². The lowest BCUT2D eigenvalue weighted by molar-refractivity contribution is -0.148. The highest BCUT2D eigenvalue weighted by atomic mass is 16.7. The van der Waals surface area contributed by atoms with Gasteiger partial charge >= 0.3 is 12.1 Å². The highest BCUT2D eigenvalue weighted by molar-refractivity contribution is 6.44. The van der Waals surface area contributed by atoms with Crippen LogP contribution in [0.25, 0.3) is 0 Å². The fourth-order valence-electron chi connectivity index (χ4n) is 4.40. The molecule has 186 valence electrons. The van der Waals surface area contributed by atoms with Crippen molar-refractivity contribution in [3.05, 3.63) is 53.9 Å². The molecule has 2 amide bonds. The van der Waals surface area contributed by atoms with E-state index in [4.69, 9.17) is 14.3 Å². The molecular formula is C24H29N5O6. The van der Waals surface area contributed by atoms with Crippen molar-refractivity contribution in [2.45, 2.75) is 38.3 Å². The van der Waals surface area contributed by atoms with Crippen molar-refractivity contribution in [2.24, 2.45) is 5.16 Å². The minimum Gasteiger partial charge on any atom is -0.463 e. The average Bonchev–Trinajstić information content (AvgIpc) is 3.53. The molecule has 0 radical (unpaired) electrons. The van der Waals surface area contributed by atoms with E-state index in [1.54, 1.807) is 17.9 Å². The number of nitrogens with zero attached hydrogens (tertiary/aromatic N) is 4. The van der Waals surface area contributed by atoms with Gasteiger partial charge < -0.3 is 19.2 Å². The topological polar surface area (TPSA) is 126 Å². The second-order valence-electron chi connectivity index (χ2n) is 8.34. The number of cyclic esters (lactones) is 1. The smallest absolute Gasteiger partial charge is 0.410 e. The SMILES string of the molecule is CCOC(=O)CON=C(C(=O)N1CCC(N2C(=O)OCC2Cc2ccccc2)CC1)c1ccn[nH]1. The maximum atomic E-state index is 13.2. The van der Waals surface area contributed by atoms with Crippen LogP contribution in [-0.4, -0.2) is 88.7 Å². The van der Waals surface area contributed by atoms with Crippen molar-refractivity contribution in [1.29, 1.82) is 0 Å². The van der Waals surface area contributed by atoms with E-state index in [0.29, 0.717) is 38.2 Å². The lowest BCUT2D eigenvalue weighted by Crippen LogP contribution is -2.51. The molecular weight excluding hydrogens is 454 g/mol. The first kappa shape index (κ1) is 24.2. The fraction of sp³-hybridized carbons (Fsp3) is 0.458. The van der Waals surface area contributed by atoms with Crippen LogP contribution in [0.3, 0.4) is 0 Å².